The number of aliphatic hydroxyl groups excluding tert-OH is 1. The van der Waals surface area contributed by atoms with Crippen molar-refractivity contribution in [3.05, 3.63) is 122 Å². The van der Waals surface area contributed by atoms with Crippen molar-refractivity contribution in [2.24, 2.45) is 0 Å². The molecule has 96 heavy (non-hydrogen) atoms. The highest BCUT2D eigenvalue weighted by Gasteiger charge is 2.30. The maximum Gasteiger partial charge on any atom is 0.472 e. The van der Waals surface area contributed by atoms with Crippen molar-refractivity contribution in [3.8, 4) is 0 Å². The lowest BCUT2D eigenvalue weighted by Crippen LogP contribution is -2.30. The van der Waals surface area contributed by atoms with Crippen LogP contribution in [-0.2, 0) is 65.4 Å². The molecule has 0 radical (unpaired) electrons. The summed E-state index contributed by atoms with van der Waals surface area (Å²) in [7, 11) is -9.97. The molecule has 0 bridgehead atoms. The van der Waals surface area contributed by atoms with Gasteiger partial charge in [-0.15, -0.1) is 0 Å². The molecule has 0 aliphatic carbocycles. The first-order chi connectivity index (χ1) is 46.7. The summed E-state index contributed by atoms with van der Waals surface area (Å²) in [5.74, 6) is -2.29. The third-order valence-electron chi connectivity index (χ3n) is 14.9. The molecule has 0 fully saturated rings. The van der Waals surface area contributed by atoms with Gasteiger partial charge in [-0.05, 0) is 128 Å². The van der Waals surface area contributed by atoms with Crippen molar-refractivity contribution in [1.82, 2.24) is 0 Å². The number of allylic oxidation sites excluding steroid dienone is 20. The Balaban J connectivity index is 5.42. The Morgan fingerprint density at radius 1 is 0.302 bits per heavy atom. The molecular formula is C77H130O17P2. The second kappa shape index (κ2) is 69.0. The van der Waals surface area contributed by atoms with Gasteiger partial charge >= 0.3 is 39.5 Å². The van der Waals surface area contributed by atoms with Crippen LogP contribution in [0.2, 0.25) is 0 Å². The average molecular weight is 1390 g/mol. The van der Waals surface area contributed by atoms with E-state index in [2.05, 4.69) is 149 Å². The summed E-state index contributed by atoms with van der Waals surface area (Å²) in [6, 6.07) is 0. The van der Waals surface area contributed by atoms with E-state index in [1.807, 2.05) is 0 Å². The van der Waals surface area contributed by atoms with Crippen molar-refractivity contribution in [2.45, 2.75) is 303 Å². The number of esters is 4. The third kappa shape index (κ3) is 68.0. The van der Waals surface area contributed by atoms with Gasteiger partial charge in [-0.3, -0.25) is 37.3 Å². The molecule has 3 N–H and O–H groups in total. The van der Waals surface area contributed by atoms with E-state index >= 15 is 0 Å². The Morgan fingerprint density at radius 2 is 0.562 bits per heavy atom. The van der Waals surface area contributed by atoms with Crippen molar-refractivity contribution in [2.75, 3.05) is 39.6 Å². The normalized spacial score (nSPS) is 14.7. The molecule has 0 aromatic carbocycles. The second-order valence-corrected chi connectivity index (χ2v) is 27.0. The summed E-state index contributed by atoms with van der Waals surface area (Å²) in [6.07, 6.45) is 73.5. The summed E-state index contributed by atoms with van der Waals surface area (Å²) in [6.45, 7) is 4.46. The van der Waals surface area contributed by atoms with E-state index in [9.17, 15) is 43.2 Å². The minimum atomic E-state index is -4.99. The van der Waals surface area contributed by atoms with Crippen LogP contribution in [0.15, 0.2) is 122 Å². The molecule has 0 saturated carbocycles. The first-order valence-corrected chi connectivity index (χ1v) is 39.8. The van der Waals surface area contributed by atoms with Crippen LogP contribution in [0.4, 0.5) is 0 Å². The van der Waals surface area contributed by atoms with Crippen molar-refractivity contribution >= 4 is 39.5 Å². The van der Waals surface area contributed by atoms with E-state index in [1.54, 1.807) is 0 Å². The van der Waals surface area contributed by atoms with Gasteiger partial charge in [-0.25, -0.2) is 9.13 Å². The summed E-state index contributed by atoms with van der Waals surface area (Å²) in [5, 5.41) is 10.6. The van der Waals surface area contributed by atoms with E-state index in [4.69, 9.17) is 37.0 Å². The number of phosphoric acid groups is 2. The Labute approximate surface area is 581 Å². The van der Waals surface area contributed by atoms with Crippen LogP contribution in [0.5, 0.6) is 0 Å². The number of unbranched alkanes of at least 4 members (excludes halogenated alkanes) is 22. The van der Waals surface area contributed by atoms with Gasteiger partial charge in [0.05, 0.1) is 26.4 Å². The van der Waals surface area contributed by atoms with E-state index in [1.165, 1.54) is 51.4 Å². The zero-order chi connectivity index (χ0) is 70.4. The van der Waals surface area contributed by atoms with Crippen molar-refractivity contribution in [3.63, 3.8) is 0 Å². The molecule has 5 atom stereocenters. The van der Waals surface area contributed by atoms with E-state index in [-0.39, 0.29) is 25.7 Å². The molecule has 5 unspecified atom stereocenters. The maximum atomic E-state index is 13.0. The lowest BCUT2D eigenvalue weighted by molar-refractivity contribution is -0.161. The first-order valence-electron chi connectivity index (χ1n) is 36.8. The van der Waals surface area contributed by atoms with Gasteiger partial charge in [0.2, 0.25) is 0 Å². The summed E-state index contributed by atoms with van der Waals surface area (Å²) >= 11 is 0. The zero-order valence-electron chi connectivity index (χ0n) is 59.8. The number of rotatable bonds is 68. The number of hydrogen-bond acceptors (Lipinski definition) is 15. The second-order valence-electron chi connectivity index (χ2n) is 24.1. The molecule has 17 nitrogen and oxygen atoms in total. The number of aliphatic hydroxyl groups is 1. The molecule has 0 aromatic heterocycles. The Morgan fingerprint density at radius 3 is 0.896 bits per heavy atom. The van der Waals surface area contributed by atoms with Crippen LogP contribution in [0.1, 0.15) is 285 Å². The standard InChI is InChI=1S/C77H130O17P2/c1-5-9-13-17-21-25-29-33-35-39-42-46-50-54-58-62-75(80)88-68-73(94-77(82)64-60-56-52-48-44-40-36-34-30-26-22-18-14-10-6-2)70-92-96(85,86)90-66-71(78)65-89-95(83,84)91-69-72(93-76(81)63-59-55-51-47-43-38-32-28-24-20-16-12-8-4)67-87-74(79)61-57-53-49-45-41-37-31-27-23-19-15-11-7-3/h9-10,13-15,19,21-22,25-27,31,33-36,42,44,46,48,71-73,78H,5-8,11-12,16-18,20,23-24,28-30,32,37-41,43,45,47,49-70H2,1-4H3,(H,83,84)(H,85,86)/b13-9-,14-10-,19-15-,25-21-,26-22-,31-27-,35-33-,36-34-,46-42-,48-44-. The third-order valence-corrected chi connectivity index (χ3v) is 16.8. The van der Waals surface area contributed by atoms with Gasteiger partial charge in [0.25, 0.3) is 0 Å². The van der Waals surface area contributed by atoms with Crippen molar-refractivity contribution < 1.29 is 80.2 Å². The first kappa shape index (κ1) is 91.5. The van der Waals surface area contributed by atoms with Gasteiger partial charge in [0.15, 0.2) is 12.2 Å². The summed E-state index contributed by atoms with van der Waals surface area (Å²) in [4.78, 5) is 72.7. The number of ether oxygens (including phenoxy) is 4. The minimum absolute atomic E-state index is 0.0309. The van der Waals surface area contributed by atoms with E-state index in [0.717, 1.165) is 148 Å². The number of carbonyl (C=O) groups excluding carboxylic acids is 4. The molecule has 0 aliphatic heterocycles. The average Bonchev–Trinajstić information content (AvgIpc) is 1.36. The molecule has 19 heteroatoms. The molecule has 0 saturated heterocycles. The summed E-state index contributed by atoms with van der Waals surface area (Å²) in [5.41, 5.74) is 0. The molecule has 0 rings (SSSR count). The largest absolute Gasteiger partial charge is 0.472 e. The van der Waals surface area contributed by atoms with Crippen LogP contribution in [0.3, 0.4) is 0 Å². The lowest BCUT2D eigenvalue weighted by atomic mass is 10.0. The van der Waals surface area contributed by atoms with Gasteiger partial charge in [0, 0.05) is 25.7 Å². The fourth-order valence-electron chi connectivity index (χ4n) is 9.36. The number of phosphoric ester groups is 2. The molecular weight excluding hydrogens is 1260 g/mol. The molecule has 0 aromatic rings. The molecule has 550 valence electrons. The topological polar surface area (TPSA) is 237 Å². The highest BCUT2D eigenvalue weighted by molar-refractivity contribution is 7.47. The quantitative estimate of drug-likeness (QED) is 0.0169. The molecule has 0 heterocycles. The molecule has 0 amide bonds. The predicted octanol–water partition coefficient (Wildman–Crippen LogP) is 20.8. The van der Waals surface area contributed by atoms with Crippen molar-refractivity contribution in [1.29, 1.82) is 0 Å². The van der Waals surface area contributed by atoms with Crippen LogP contribution in [0, 0.1) is 0 Å². The highest BCUT2D eigenvalue weighted by atomic mass is 31.2. The highest BCUT2D eigenvalue weighted by Crippen LogP contribution is 2.45. The van der Waals surface area contributed by atoms with E-state index < -0.39 is 97.5 Å². The van der Waals surface area contributed by atoms with Gasteiger partial charge < -0.3 is 33.8 Å². The molecule has 0 spiro atoms. The van der Waals surface area contributed by atoms with E-state index in [0.29, 0.717) is 32.1 Å². The Bertz CT molecular complexity index is 2300. The minimum Gasteiger partial charge on any atom is -0.462 e. The fourth-order valence-corrected chi connectivity index (χ4v) is 10.9. The lowest BCUT2D eigenvalue weighted by Gasteiger charge is -2.21. The maximum absolute atomic E-state index is 13.0. The smallest absolute Gasteiger partial charge is 0.462 e. The van der Waals surface area contributed by atoms with Gasteiger partial charge in [-0.2, -0.15) is 0 Å². The SMILES string of the molecule is CC/C=C\C/C=C\C/C=C\C/C=C\CCCCC(=O)OCC(COP(=O)(O)OCC(O)COP(=O)(O)OCC(COC(=O)CCCCCCC/C=C\C/C=C\CCC)OC(=O)CCCCCCCCCCCCCCC)OC(=O)CCCC/C=C\C/C=C\C/C=C\C/C=C\CC. The molecule has 0 aliphatic rings. The van der Waals surface area contributed by atoms with Gasteiger partial charge in [-0.1, -0.05) is 252 Å². The van der Waals surface area contributed by atoms with Crippen LogP contribution in [0.25, 0.3) is 0 Å². The Kier molecular flexibility index (Phi) is 65.7. The Hall–Kier alpha value is -4.54. The van der Waals surface area contributed by atoms with Crippen LogP contribution in [-0.4, -0.2) is 96.7 Å². The van der Waals surface area contributed by atoms with Crippen LogP contribution >= 0.6 is 15.6 Å². The van der Waals surface area contributed by atoms with Gasteiger partial charge in [0.1, 0.15) is 19.3 Å². The predicted molar refractivity (Wildman–Crippen MR) is 390 cm³/mol. The zero-order valence-corrected chi connectivity index (χ0v) is 61.5. The monoisotopic (exact) mass is 1390 g/mol. The summed E-state index contributed by atoms with van der Waals surface area (Å²) < 4.78 is 68.3. The number of carbonyl (C=O) groups is 4. The van der Waals surface area contributed by atoms with Crippen LogP contribution < -0.4 is 0 Å². The number of hydrogen-bond donors (Lipinski definition) is 3. The fraction of sp³-hybridized carbons (Fsp3) is 0.688.